The fourth-order valence-corrected chi connectivity index (χ4v) is 4.33. The number of sulfone groups is 1. The van der Waals surface area contributed by atoms with Crippen molar-refractivity contribution in [3.8, 4) is 0 Å². The van der Waals surface area contributed by atoms with Gasteiger partial charge in [0.25, 0.3) is 0 Å². The van der Waals surface area contributed by atoms with Gasteiger partial charge in [-0.05, 0) is 42.9 Å². The molecule has 1 fully saturated rings. The van der Waals surface area contributed by atoms with E-state index in [-0.39, 0.29) is 4.90 Å². The van der Waals surface area contributed by atoms with E-state index in [9.17, 15) is 17.2 Å². The van der Waals surface area contributed by atoms with E-state index in [0.717, 1.165) is 19.3 Å². The third-order valence-corrected chi connectivity index (χ3v) is 6.16. The second kappa shape index (κ2) is 7.52. The lowest BCUT2D eigenvalue weighted by Gasteiger charge is -2.34. The highest BCUT2D eigenvalue weighted by molar-refractivity contribution is 7.91. The molecule has 3 nitrogen and oxygen atoms in total. The van der Waals surface area contributed by atoms with Gasteiger partial charge in [0, 0.05) is 13.1 Å². The van der Waals surface area contributed by atoms with Gasteiger partial charge in [-0.3, -0.25) is 0 Å². The van der Waals surface area contributed by atoms with Gasteiger partial charge >= 0.3 is 5.76 Å². The van der Waals surface area contributed by atoms with Crippen LogP contribution in [0.1, 0.15) is 18.4 Å². The van der Waals surface area contributed by atoms with E-state index in [0.29, 0.717) is 24.7 Å². The molecule has 0 spiro atoms. The summed E-state index contributed by atoms with van der Waals surface area (Å²) in [7, 11) is -4.59. The molecular formula is C19H21F2NO2S. The van der Waals surface area contributed by atoms with Crippen LogP contribution in [0.15, 0.2) is 59.5 Å². The van der Waals surface area contributed by atoms with E-state index >= 15 is 0 Å². The maximum atomic E-state index is 12.9. The molecule has 1 aliphatic rings. The van der Waals surface area contributed by atoms with Crippen molar-refractivity contribution in [2.45, 2.75) is 29.9 Å². The normalized spacial score (nSPS) is 16.4. The summed E-state index contributed by atoms with van der Waals surface area (Å²) in [5, 5.41) is 0. The van der Waals surface area contributed by atoms with Crippen LogP contribution in [-0.2, 0) is 16.3 Å². The summed E-state index contributed by atoms with van der Waals surface area (Å²) < 4.78 is 49.7. The minimum atomic E-state index is -4.59. The van der Waals surface area contributed by atoms with Gasteiger partial charge in [-0.2, -0.15) is 8.78 Å². The number of anilines is 1. The number of para-hydroxylation sites is 1. The topological polar surface area (TPSA) is 37.4 Å². The molecule has 134 valence electrons. The predicted octanol–water partition coefficient (Wildman–Crippen LogP) is 4.14. The SMILES string of the molecule is O=S(=O)(c1ccccc1N1CCC(Cc2ccccc2)CC1)C(F)F. The predicted molar refractivity (Wildman–Crippen MR) is 94.7 cm³/mol. The van der Waals surface area contributed by atoms with Crippen molar-refractivity contribution in [1.29, 1.82) is 0 Å². The molecule has 2 aromatic rings. The molecule has 0 amide bonds. The Morgan fingerprint density at radius 1 is 0.960 bits per heavy atom. The minimum Gasteiger partial charge on any atom is -0.370 e. The third-order valence-electron chi connectivity index (χ3n) is 4.73. The largest absolute Gasteiger partial charge is 0.370 e. The zero-order chi connectivity index (χ0) is 17.9. The number of hydrogen-bond acceptors (Lipinski definition) is 3. The van der Waals surface area contributed by atoms with Crippen LogP contribution >= 0.6 is 0 Å². The average molecular weight is 365 g/mol. The molecule has 25 heavy (non-hydrogen) atoms. The molecule has 0 aliphatic carbocycles. The lowest BCUT2D eigenvalue weighted by molar-refractivity contribution is 0.234. The molecule has 0 unspecified atom stereocenters. The third kappa shape index (κ3) is 4.00. The maximum Gasteiger partial charge on any atom is 0.341 e. The number of nitrogens with zero attached hydrogens (tertiary/aromatic N) is 1. The number of alkyl halides is 2. The molecule has 2 aromatic carbocycles. The average Bonchev–Trinajstić information content (AvgIpc) is 2.63. The first-order valence-electron chi connectivity index (χ1n) is 8.38. The molecule has 0 aromatic heterocycles. The number of hydrogen-bond donors (Lipinski definition) is 0. The zero-order valence-electron chi connectivity index (χ0n) is 13.8. The van der Waals surface area contributed by atoms with E-state index in [1.807, 2.05) is 23.1 Å². The fourth-order valence-electron chi connectivity index (χ4n) is 3.38. The Kier molecular flexibility index (Phi) is 5.37. The number of piperidine rings is 1. The Labute approximate surface area is 147 Å². The van der Waals surface area contributed by atoms with E-state index < -0.39 is 15.6 Å². The van der Waals surface area contributed by atoms with Gasteiger partial charge < -0.3 is 4.90 Å². The van der Waals surface area contributed by atoms with Crippen molar-refractivity contribution in [1.82, 2.24) is 0 Å². The molecule has 1 aliphatic heterocycles. The van der Waals surface area contributed by atoms with E-state index in [1.54, 1.807) is 12.1 Å². The standard InChI is InChI=1S/C19H21F2NO2S/c20-19(21)25(23,24)18-9-5-4-8-17(18)22-12-10-16(11-13-22)14-15-6-2-1-3-7-15/h1-9,16,19H,10-14H2. The van der Waals surface area contributed by atoms with Crippen molar-refractivity contribution < 1.29 is 17.2 Å². The van der Waals surface area contributed by atoms with Crippen molar-refractivity contribution in [3.63, 3.8) is 0 Å². The lowest BCUT2D eigenvalue weighted by atomic mass is 9.90. The summed E-state index contributed by atoms with van der Waals surface area (Å²) in [5.41, 5.74) is 1.68. The van der Waals surface area contributed by atoms with Crippen molar-refractivity contribution in [3.05, 3.63) is 60.2 Å². The van der Waals surface area contributed by atoms with Crippen molar-refractivity contribution >= 4 is 15.5 Å². The lowest BCUT2D eigenvalue weighted by Crippen LogP contribution is -2.35. The summed E-state index contributed by atoms with van der Waals surface area (Å²) >= 11 is 0. The molecule has 0 bridgehead atoms. The zero-order valence-corrected chi connectivity index (χ0v) is 14.6. The Hall–Kier alpha value is -1.95. The molecule has 0 saturated carbocycles. The van der Waals surface area contributed by atoms with Crippen LogP contribution in [0.2, 0.25) is 0 Å². The van der Waals surface area contributed by atoms with E-state index in [2.05, 4.69) is 12.1 Å². The maximum absolute atomic E-state index is 12.9. The van der Waals surface area contributed by atoms with Crippen LogP contribution < -0.4 is 4.90 Å². The van der Waals surface area contributed by atoms with E-state index in [1.165, 1.54) is 17.7 Å². The Balaban J connectivity index is 1.72. The van der Waals surface area contributed by atoms with Gasteiger partial charge in [-0.25, -0.2) is 8.42 Å². The molecule has 6 heteroatoms. The Bertz CT molecular complexity index is 801. The smallest absolute Gasteiger partial charge is 0.341 e. The number of halogens is 2. The van der Waals surface area contributed by atoms with Gasteiger partial charge in [-0.15, -0.1) is 0 Å². The molecule has 0 radical (unpaired) electrons. The molecule has 0 N–H and O–H groups in total. The molecular weight excluding hydrogens is 344 g/mol. The van der Waals surface area contributed by atoms with Crippen molar-refractivity contribution in [2.75, 3.05) is 18.0 Å². The fraction of sp³-hybridized carbons (Fsp3) is 0.368. The van der Waals surface area contributed by atoms with Crippen LogP contribution in [0.25, 0.3) is 0 Å². The molecule has 0 atom stereocenters. The first kappa shape index (κ1) is 17.9. The summed E-state index contributed by atoms with van der Waals surface area (Å²) in [6.45, 7) is 1.35. The van der Waals surface area contributed by atoms with E-state index in [4.69, 9.17) is 0 Å². The van der Waals surface area contributed by atoms with Gasteiger partial charge in [-0.1, -0.05) is 42.5 Å². The van der Waals surface area contributed by atoms with Crippen molar-refractivity contribution in [2.24, 2.45) is 5.92 Å². The first-order valence-corrected chi connectivity index (χ1v) is 9.93. The van der Waals surface area contributed by atoms with Crippen LogP contribution in [-0.4, -0.2) is 27.3 Å². The molecule has 3 rings (SSSR count). The number of benzene rings is 2. The summed E-state index contributed by atoms with van der Waals surface area (Å²) in [5.74, 6) is -2.87. The van der Waals surface area contributed by atoms with Gasteiger partial charge in [0.2, 0.25) is 9.84 Å². The quantitative estimate of drug-likeness (QED) is 0.799. The minimum absolute atomic E-state index is 0.272. The molecule has 1 heterocycles. The second-order valence-electron chi connectivity index (χ2n) is 6.39. The Morgan fingerprint density at radius 3 is 2.20 bits per heavy atom. The van der Waals surface area contributed by atoms with Crippen LogP contribution in [0, 0.1) is 5.92 Å². The van der Waals surface area contributed by atoms with Crippen LogP contribution in [0.3, 0.4) is 0 Å². The second-order valence-corrected chi connectivity index (χ2v) is 8.28. The highest BCUT2D eigenvalue weighted by Gasteiger charge is 2.31. The number of rotatable bonds is 5. The Morgan fingerprint density at radius 2 is 1.56 bits per heavy atom. The summed E-state index contributed by atoms with van der Waals surface area (Å²) in [6.07, 6.45) is 2.82. The highest BCUT2D eigenvalue weighted by Crippen LogP contribution is 2.32. The van der Waals surface area contributed by atoms with Crippen LogP contribution in [0.5, 0.6) is 0 Å². The molecule has 1 saturated heterocycles. The summed E-state index contributed by atoms with van der Waals surface area (Å²) in [6, 6.07) is 16.3. The van der Waals surface area contributed by atoms with Gasteiger partial charge in [0.15, 0.2) is 0 Å². The highest BCUT2D eigenvalue weighted by atomic mass is 32.2. The van der Waals surface area contributed by atoms with Gasteiger partial charge in [0.1, 0.15) is 0 Å². The van der Waals surface area contributed by atoms with Crippen LogP contribution in [0.4, 0.5) is 14.5 Å². The van der Waals surface area contributed by atoms with Gasteiger partial charge in [0.05, 0.1) is 10.6 Å². The monoisotopic (exact) mass is 365 g/mol. The first-order chi connectivity index (χ1) is 12.0. The summed E-state index contributed by atoms with van der Waals surface area (Å²) in [4.78, 5) is 1.64.